The fourth-order valence-corrected chi connectivity index (χ4v) is 5.06. The Hall–Kier alpha value is -2.07. The Morgan fingerprint density at radius 2 is 1.58 bits per heavy atom. The molecule has 4 aromatic carbocycles. The third-order valence-corrected chi connectivity index (χ3v) is 7.00. The zero-order valence-corrected chi connectivity index (χ0v) is 30.0. The maximum absolute atomic E-state index is 13.6. The summed E-state index contributed by atoms with van der Waals surface area (Å²) < 4.78 is 24.8. The van der Waals surface area contributed by atoms with Gasteiger partial charge in [-0.2, -0.15) is 0 Å². The number of phenolic OH excluding ortho intramolecular Hbond substituents is 1. The SMILES string of the molecule is O=C(c1ccc(OSP)cc1)C(Sc1cc(OCc2ccccc2)ccc1O)c1ccc(F)cc1.[TlH2]. The van der Waals surface area contributed by atoms with E-state index in [9.17, 15) is 14.3 Å². The number of hydrogen-bond donors (Lipinski definition) is 1. The van der Waals surface area contributed by atoms with Gasteiger partial charge in [0.2, 0.25) is 0 Å². The number of hydrogen-bond acceptors (Lipinski definition) is 6. The van der Waals surface area contributed by atoms with Crippen molar-refractivity contribution < 1.29 is 23.2 Å². The van der Waals surface area contributed by atoms with Crippen LogP contribution in [0.15, 0.2) is 102 Å². The van der Waals surface area contributed by atoms with Gasteiger partial charge in [0.25, 0.3) is 0 Å². The Morgan fingerprint density at radius 1 is 0.917 bits per heavy atom. The van der Waals surface area contributed by atoms with Crippen molar-refractivity contribution in [1.29, 1.82) is 0 Å². The molecule has 4 nitrogen and oxygen atoms in total. The number of thioether (sulfide) groups is 1. The molecule has 0 heterocycles. The number of aromatic hydroxyl groups is 1. The Morgan fingerprint density at radius 3 is 2.25 bits per heavy atom. The van der Waals surface area contributed by atoms with Crippen LogP contribution in [-0.2, 0) is 6.61 Å². The third-order valence-electron chi connectivity index (χ3n) is 5.12. The van der Waals surface area contributed by atoms with Gasteiger partial charge in [0.15, 0.2) is 5.78 Å². The molecule has 1 radical (unpaired) electrons. The number of benzene rings is 4. The summed E-state index contributed by atoms with van der Waals surface area (Å²) in [5.41, 5.74) is 2.11. The Balaban J connectivity index is 0.00000361. The minimum absolute atomic E-state index is 0. The van der Waals surface area contributed by atoms with Gasteiger partial charge >= 0.3 is 27.3 Å². The number of rotatable bonds is 10. The molecule has 2 atom stereocenters. The molecule has 0 aliphatic carbocycles. The quantitative estimate of drug-likeness (QED) is 0.0643. The van der Waals surface area contributed by atoms with Crippen LogP contribution in [-0.4, -0.2) is 38.2 Å². The summed E-state index contributed by atoms with van der Waals surface area (Å²) in [7, 11) is 2.40. The number of carbonyl (C=O) groups excluding carboxylic acids is 1. The molecular weight excluding hydrogens is 707 g/mol. The molecule has 0 saturated carbocycles. The average molecular weight is 731 g/mol. The molecule has 1 N–H and O–H groups in total. The molecular formula is C27H24FO4PS2Tl. The second-order valence-electron chi connectivity index (χ2n) is 7.52. The van der Waals surface area contributed by atoms with Crippen molar-refractivity contribution in [1.82, 2.24) is 0 Å². The first-order valence-electron chi connectivity index (χ1n) is 10.6. The molecule has 36 heavy (non-hydrogen) atoms. The molecule has 0 fully saturated rings. The van der Waals surface area contributed by atoms with Gasteiger partial charge in [-0.05, 0) is 74.2 Å². The number of ether oxygens (including phenoxy) is 1. The number of Topliss-reactive ketones (excluding diaryl/α,β-unsaturated/α-hetero) is 1. The van der Waals surface area contributed by atoms with E-state index in [1.165, 1.54) is 23.9 Å². The van der Waals surface area contributed by atoms with E-state index in [1.54, 1.807) is 54.6 Å². The maximum atomic E-state index is 13.6. The number of halogens is 1. The van der Waals surface area contributed by atoms with Crippen LogP contribution in [0.3, 0.4) is 0 Å². The summed E-state index contributed by atoms with van der Waals surface area (Å²) in [5.74, 6) is 0.648. The van der Waals surface area contributed by atoms with Gasteiger partial charge in [0.1, 0.15) is 29.7 Å². The van der Waals surface area contributed by atoms with Crippen molar-refractivity contribution in [2.45, 2.75) is 16.8 Å². The molecule has 0 aromatic heterocycles. The van der Waals surface area contributed by atoms with Crippen molar-refractivity contribution in [3.63, 3.8) is 0 Å². The van der Waals surface area contributed by atoms with Crippen LogP contribution in [0.1, 0.15) is 26.7 Å². The zero-order valence-electron chi connectivity index (χ0n) is 19.5. The second kappa shape index (κ2) is 14.0. The summed E-state index contributed by atoms with van der Waals surface area (Å²) in [6.45, 7) is 0.374. The fourth-order valence-electron chi connectivity index (χ4n) is 3.34. The van der Waals surface area contributed by atoms with E-state index in [4.69, 9.17) is 8.92 Å². The van der Waals surface area contributed by atoms with Crippen LogP contribution in [0, 0.1) is 5.82 Å². The van der Waals surface area contributed by atoms with Crippen LogP contribution >= 0.6 is 31.9 Å². The van der Waals surface area contributed by atoms with Crippen molar-refractivity contribution >= 4 is 64.9 Å². The number of carbonyl (C=O) groups is 1. The third kappa shape index (κ3) is 7.71. The summed E-state index contributed by atoms with van der Waals surface area (Å²) in [6.07, 6.45) is 0. The van der Waals surface area contributed by atoms with Crippen LogP contribution in [0.5, 0.6) is 17.2 Å². The molecule has 183 valence electrons. The topological polar surface area (TPSA) is 55.8 Å². The van der Waals surface area contributed by atoms with Crippen LogP contribution in [0.2, 0.25) is 0 Å². The Bertz CT molecular complexity index is 1280. The summed E-state index contributed by atoms with van der Waals surface area (Å²) in [6, 6.07) is 27.3. The van der Waals surface area contributed by atoms with Crippen molar-refractivity contribution in [3.05, 3.63) is 120 Å². The molecule has 0 saturated heterocycles. The van der Waals surface area contributed by atoms with Crippen LogP contribution in [0.4, 0.5) is 4.39 Å². The van der Waals surface area contributed by atoms with Crippen LogP contribution < -0.4 is 8.92 Å². The first-order valence-corrected chi connectivity index (χ1v) is 13.7. The van der Waals surface area contributed by atoms with Gasteiger partial charge < -0.3 is 14.0 Å². The van der Waals surface area contributed by atoms with Gasteiger partial charge in [-0.1, -0.05) is 42.5 Å². The zero-order chi connectivity index (χ0) is 24.6. The minimum atomic E-state index is -0.714. The Kier molecular flexibility index (Phi) is 11.1. The molecule has 0 spiro atoms. The Labute approximate surface area is 240 Å². The average Bonchev–Trinajstić information content (AvgIpc) is 2.89. The molecule has 0 aliphatic rings. The van der Waals surface area contributed by atoms with Crippen molar-refractivity contribution in [2.24, 2.45) is 0 Å². The van der Waals surface area contributed by atoms with E-state index >= 15 is 0 Å². The van der Waals surface area contributed by atoms with E-state index in [-0.39, 0.29) is 44.6 Å². The van der Waals surface area contributed by atoms with Gasteiger partial charge in [-0.3, -0.25) is 4.79 Å². The standard InChI is InChI=1S/C27H22FO4PS2.Tl.2H/c28-21-10-6-20(7-11-21)27(26(30)19-8-12-22(13-9-19)32-35-33)34-25-16-23(14-15-24(25)29)31-17-18-4-2-1-3-5-18;;;/h1-16,27,29H,17,33H2;;;. The van der Waals surface area contributed by atoms with Crippen molar-refractivity contribution in [2.75, 3.05) is 0 Å². The predicted octanol–water partition coefficient (Wildman–Crippen LogP) is 6.73. The van der Waals surface area contributed by atoms with Crippen molar-refractivity contribution in [3.8, 4) is 17.2 Å². The van der Waals surface area contributed by atoms with Gasteiger partial charge in [0.05, 0.1) is 21.8 Å². The van der Waals surface area contributed by atoms with Gasteiger partial charge in [0, 0.05) is 5.56 Å². The summed E-state index contributed by atoms with van der Waals surface area (Å²) >= 11 is 2.32. The monoisotopic (exact) mass is 731 g/mol. The van der Waals surface area contributed by atoms with E-state index in [0.717, 1.165) is 17.2 Å². The van der Waals surface area contributed by atoms with E-state index < -0.39 is 5.25 Å². The molecule has 4 aromatic rings. The normalized spacial score (nSPS) is 11.3. The number of ketones is 1. The van der Waals surface area contributed by atoms with E-state index in [2.05, 4.69) is 8.44 Å². The van der Waals surface area contributed by atoms with Gasteiger partial charge in [-0.25, -0.2) is 4.39 Å². The van der Waals surface area contributed by atoms with E-state index in [0.29, 0.717) is 34.1 Å². The van der Waals surface area contributed by atoms with Crippen LogP contribution in [0.25, 0.3) is 0 Å². The van der Waals surface area contributed by atoms with E-state index in [1.807, 2.05) is 30.3 Å². The summed E-state index contributed by atoms with van der Waals surface area (Å²) in [5, 5.41) is 9.83. The second-order valence-corrected chi connectivity index (χ2v) is 9.60. The first kappa shape index (κ1) is 28.5. The molecule has 0 bridgehead atoms. The predicted molar refractivity (Wildman–Crippen MR) is 151 cm³/mol. The summed E-state index contributed by atoms with van der Waals surface area (Å²) in [4.78, 5) is 14.0. The molecule has 2 unspecified atom stereocenters. The van der Waals surface area contributed by atoms with Gasteiger partial charge in [-0.15, -0.1) is 11.8 Å². The molecule has 9 heteroatoms. The number of phenols is 1. The molecule has 0 aliphatic heterocycles. The fraction of sp³-hybridized carbons (Fsp3) is 0.0741. The molecule has 4 rings (SSSR count). The first-order chi connectivity index (χ1) is 17.0. The molecule has 0 amide bonds.